The van der Waals surface area contributed by atoms with E-state index in [1.165, 1.54) is 5.56 Å². The van der Waals surface area contributed by atoms with E-state index >= 15 is 0 Å². The Bertz CT molecular complexity index is 308. The van der Waals surface area contributed by atoms with Crippen molar-refractivity contribution >= 4 is 0 Å². The Morgan fingerprint density at radius 1 is 1.15 bits per heavy atom. The van der Waals surface area contributed by atoms with E-state index < -0.39 is 0 Å². The first-order chi connectivity index (χ1) is 6.04. The summed E-state index contributed by atoms with van der Waals surface area (Å²) < 4.78 is 4.90. The van der Waals surface area contributed by atoms with E-state index in [-0.39, 0.29) is 5.41 Å². The molecule has 0 aliphatic heterocycles. The number of hydrogen-bond donors (Lipinski definition) is 0. The fourth-order valence-electron chi connectivity index (χ4n) is 1.09. The summed E-state index contributed by atoms with van der Waals surface area (Å²) in [5, 5.41) is 0. The molecule has 1 aromatic carbocycles. The van der Waals surface area contributed by atoms with Gasteiger partial charge in [-0.1, -0.05) is 39.3 Å². The Labute approximate surface area is 79.7 Å². The molecule has 1 nitrogen and oxygen atoms in total. The highest BCUT2D eigenvalue weighted by molar-refractivity contribution is 5.31. The smallest absolute Gasteiger partial charge is 0.140 e. The van der Waals surface area contributed by atoms with Gasteiger partial charge in [0.1, 0.15) is 11.9 Å². The summed E-state index contributed by atoms with van der Waals surface area (Å²) in [5.41, 5.74) is 1.45. The zero-order valence-corrected chi connectivity index (χ0v) is 8.29. The third-order valence-corrected chi connectivity index (χ3v) is 1.90. The van der Waals surface area contributed by atoms with Gasteiger partial charge < -0.3 is 4.74 Å². The molecule has 0 saturated heterocycles. The van der Waals surface area contributed by atoms with E-state index in [2.05, 4.69) is 26.9 Å². The Hall–Kier alpha value is -1.42. The topological polar surface area (TPSA) is 9.23 Å². The highest BCUT2D eigenvalue weighted by Gasteiger charge is 2.12. The molecule has 13 heavy (non-hydrogen) atoms. The first kappa shape index (κ1) is 9.67. The van der Waals surface area contributed by atoms with Crippen molar-refractivity contribution in [1.82, 2.24) is 0 Å². The first-order valence-electron chi connectivity index (χ1n) is 4.27. The average Bonchev–Trinajstić information content (AvgIpc) is 2.04. The minimum Gasteiger partial charge on any atom is -0.408 e. The molecular formula is C12H14O. The van der Waals surface area contributed by atoms with Crippen molar-refractivity contribution in [3.05, 3.63) is 29.8 Å². The summed E-state index contributed by atoms with van der Waals surface area (Å²) in [5.74, 6) is 0.718. The van der Waals surface area contributed by atoms with Gasteiger partial charge in [-0.15, -0.1) is 0 Å². The molecule has 0 amide bonds. The van der Waals surface area contributed by atoms with Crippen LogP contribution in [0.5, 0.6) is 5.75 Å². The Balaban J connectivity index is 2.89. The molecule has 0 aliphatic carbocycles. The molecule has 0 aliphatic rings. The predicted molar refractivity (Wildman–Crippen MR) is 54.6 cm³/mol. The zero-order valence-electron chi connectivity index (χ0n) is 8.29. The molecule has 0 fully saturated rings. The van der Waals surface area contributed by atoms with Crippen molar-refractivity contribution < 1.29 is 4.74 Å². The van der Waals surface area contributed by atoms with Crippen molar-refractivity contribution in [1.29, 1.82) is 0 Å². The molecule has 68 valence electrons. The first-order valence-corrected chi connectivity index (χ1v) is 4.27. The van der Waals surface area contributed by atoms with Gasteiger partial charge in [-0.05, 0) is 23.1 Å². The van der Waals surface area contributed by atoms with E-state index in [1.807, 2.05) is 24.3 Å². The van der Waals surface area contributed by atoms with Gasteiger partial charge >= 0.3 is 0 Å². The molecule has 0 aromatic heterocycles. The van der Waals surface area contributed by atoms with Crippen LogP contribution < -0.4 is 4.74 Å². The monoisotopic (exact) mass is 174 g/mol. The average molecular weight is 174 g/mol. The van der Waals surface area contributed by atoms with Crippen molar-refractivity contribution in [3.8, 4) is 18.3 Å². The van der Waals surface area contributed by atoms with Crippen molar-refractivity contribution in [2.45, 2.75) is 26.2 Å². The number of terminal acetylenes is 1. The normalized spacial score (nSPS) is 10.6. The maximum Gasteiger partial charge on any atom is 0.140 e. The highest BCUT2D eigenvalue weighted by Crippen LogP contribution is 2.23. The van der Waals surface area contributed by atoms with Crippen molar-refractivity contribution in [2.75, 3.05) is 0 Å². The number of ether oxygens (including phenoxy) is 1. The number of hydrogen-bond acceptors (Lipinski definition) is 1. The van der Waals surface area contributed by atoms with E-state index in [0.717, 1.165) is 5.75 Å². The maximum absolute atomic E-state index is 5.01. The molecule has 0 radical (unpaired) electrons. The second-order valence-electron chi connectivity index (χ2n) is 3.99. The lowest BCUT2D eigenvalue weighted by Gasteiger charge is -2.18. The van der Waals surface area contributed by atoms with Gasteiger partial charge in [0.2, 0.25) is 0 Å². The van der Waals surface area contributed by atoms with Crippen LogP contribution in [-0.2, 0) is 5.41 Å². The summed E-state index contributed by atoms with van der Waals surface area (Å²) in [6, 6.07) is 7.85. The summed E-state index contributed by atoms with van der Waals surface area (Å²) >= 11 is 0. The van der Waals surface area contributed by atoms with E-state index in [4.69, 9.17) is 11.2 Å². The van der Waals surface area contributed by atoms with Gasteiger partial charge in [-0.3, -0.25) is 0 Å². The van der Waals surface area contributed by atoms with Crippen molar-refractivity contribution in [3.63, 3.8) is 0 Å². The number of rotatable bonds is 1. The molecule has 0 unspecified atom stereocenters. The Morgan fingerprint density at radius 2 is 1.69 bits per heavy atom. The standard InChI is InChI=1S/C12H14O/c1-5-13-11-8-6-10(7-9-11)12(2,3)4/h1,6-9H,2-4H3. The molecular weight excluding hydrogens is 160 g/mol. The third kappa shape index (κ3) is 2.52. The van der Waals surface area contributed by atoms with E-state index in [0.29, 0.717) is 0 Å². The fourth-order valence-corrected chi connectivity index (χ4v) is 1.09. The summed E-state index contributed by atoms with van der Waals surface area (Å²) in [7, 11) is 0. The van der Waals surface area contributed by atoms with Crippen LogP contribution in [0.3, 0.4) is 0 Å². The van der Waals surface area contributed by atoms with Crippen molar-refractivity contribution in [2.24, 2.45) is 0 Å². The van der Waals surface area contributed by atoms with Crippen LogP contribution in [0.2, 0.25) is 0 Å². The van der Waals surface area contributed by atoms with Crippen LogP contribution in [0.4, 0.5) is 0 Å². The molecule has 0 N–H and O–H groups in total. The third-order valence-electron chi connectivity index (χ3n) is 1.90. The molecule has 0 spiro atoms. The van der Waals surface area contributed by atoms with Crippen LogP contribution in [-0.4, -0.2) is 0 Å². The number of benzene rings is 1. The predicted octanol–water partition coefficient (Wildman–Crippen LogP) is 2.95. The molecule has 0 atom stereocenters. The van der Waals surface area contributed by atoms with Crippen LogP contribution in [0.25, 0.3) is 0 Å². The van der Waals surface area contributed by atoms with E-state index in [9.17, 15) is 0 Å². The summed E-state index contributed by atoms with van der Waals surface area (Å²) in [4.78, 5) is 0. The van der Waals surface area contributed by atoms with Crippen LogP contribution in [0.15, 0.2) is 24.3 Å². The highest BCUT2D eigenvalue weighted by atomic mass is 16.5. The fraction of sp³-hybridized carbons (Fsp3) is 0.333. The molecule has 1 rings (SSSR count). The lowest BCUT2D eigenvalue weighted by Crippen LogP contribution is -2.10. The van der Waals surface area contributed by atoms with Gasteiger partial charge in [0.05, 0.1) is 0 Å². The molecule has 1 aromatic rings. The lowest BCUT2D eigenvalue weighted by atomic mass is 9.87. The van der Waals surface area contributed by atoms with Gasteiger partial charge in [-0.25, -0.2) is 0 Å². The van der Waals surface area contributed by atoms with Gasteiger partial charge in [0, 0.05) is 0 Å². The minimum atomic E-state index is 0.175. The Morgan fingerprint density at radius 3 is 2.08 bits per heavy atom. The second-order valence-corrected chi connectivity index (χ2v) is 3.99. The zero-order chi connectivity index (χ0) is 9.90. The SMILES string of the molecule is C#COc1ccc(C(C)(C)C)cc1. The summed E-state index contributed by atoms with van der Waals surface area (Å²) in [6.07, 6.45) is 7.15. The molecule has 0 bridgehead atoms. The van der Waals surface area contributed by atoms with Gasteiger partial charge in [0.25, 0.3) is 0 Å². The van der Waals surface area contributed by atoms with Crippen LogP contribution >= 0.6 is 0 Å². The van der Waals surface area contributed by atoms with Gasteiger partial charge in [0.15, 0.2) is 0 Å². The molecule has 1 heteroatoms. The quantitative estimate of drug-likeness (QED) is 0.595. The minimum absolute atomic E-state index is 0.175. The van der Waals surface area contributed by atoms with Crippen LogP contribution in [0.1, 0.15) is 26.3 Å². The second kappa shape index (κ2) is 3.53. The lowest BCUT2D eigenvalue weighted by molar-refractivity contribution is 0.518. The van der Waals surface area contributed by atoms with Crippen LogP contribution in [0, 0.1) is 12.5 Å². The molecule has 0 saturated carbocycles. The van der Waals surface area contributed by atoms with Gasteiger partial charge in [-0.2, -0.15) is 0 Å². The molecule has 0 heterocycles. The largest absolute Gasteiger partial charge is 0.408 e. The summed E-state index contributed by atoms with van der Waals surface area (Å²) in [6.45, 7) is 6.51. The Kier molecular flexibility index (Phi) is 2.63. The maximum atomic E-state index is 5.01. The van der Waals surface area contributed by atoms with E-state index in [1.54, 1.807) is 0 Å².